The molecule has 29 heavy (non-hydrogen) atoms. The average molecular weight is 395 g/mol. The molecule has 2 atom stereocenters. The molecule has 5 nitrogen and oxygen atoms in total. The van der Waals surface area contributed by atoms with Crippen molar-refractivity contribution in [3.8, 4) is 11.5 Å². The van der Waals surface area contributed by atoms with Crippen LogP contribution in [0.25, 0.3) is 0 Å². The van der Waals surface area contributed by atoms with Crippen molar-refractivity contribution in [3.63, 3.8) is 0 Å². The minimum Gasteiger partial charge on any atom is -0.497 e. The van der Waals surface area contributed by atoms with Gasteiger partial charge in [-0.3, -0.25) is 9.69 Å². The molecule has 5 heteroatoms. The number of amides is 1. The summed E-state index contributed by atoms with van der Waals surface area (Å²) in [5, 5.41) is 3.21. The van der Waals surface area contributed by atoms with Gasteiger partial charge >= 0.3 is 0 Å². The molecule has 1 saturated carbocycles. The van der Waals surface area contributed by atoms with E-state index in [2.05, 4.69) is 34.5 Å². The molecule has 0 bridgehead atoms. The first-order valence-electron chi connectivity index (χ1n) is 10.4. The molecule has 0 spiro atoms. The zero-order valence-corrected chi connectivity index (χ0v) is 17.3. The Balaban J connectivity index is 1.53. The number of likely N-dealkylation sites (tertiary alicyclic amines) is 1. The van der Waals surface area contributed by atoms with Gasteiger partial charge in [0.15, 0.2) is 0 Å². The molecule has 2 aliphatic rings. The Morgan fingerprint density at radius 3 is 2.34 bits per heavy atom. The van der Waals surface area contributed by atoms with Gasteiger partial charge in [0.2, 0.25) is 5.91 Å². The fourth-order valence-corrected chi connectivity index (χ4v) is 4.24. The van der Waals surface area contributed by atoms with Gasteiger partial charge in [0.1, 0.15) is 11.5 Å². The molecule has 2 aromatic carbocycles. The molecular weight excluding hydrogens is 364 g/mol. The highest BCUT2D eigenvalue weighted by Crippen LogP contribution is 2.33. The minimum absolute atomic E-state index is 0.0158. The number of benzene rings is 2. The molecule has 2 unspecified atom stereocenters. The molecule has 154 valence electrons. The van der Waals surface area contributed by atoms with Crippen molar-refractivity contribution in [2.24, 2.45) is 5.92 Å². The lowest BCUT2D eigenvalue weighted by molar-refractivity contribution is -0.127. The normalized spacial score (nSPS) is 22.1. The molecule has 1 aliphatic heterocycles. The number of methoxy groups -OCH3 is 2. The van der Waals surface area contributed by atoms with Crippen molar-refractivity contribution < 1.29 is 14.3 Å². The highest BCUT2D eigenvalue weighted by molar-refractivity contribution is 5.79. The molecule has 1 aliphatic carbocycles. The number of ether oxygens (including phenoxy) is 2. The molecule has 1 heterocycles. The largest absolute Gasteiger partial charge is 0.497 e. The highest BCUT2D eigenvalue weighted by atomic mass is 16.5. The molecule has 1 amide bonds. The van der Waals surface area contributed by atoms with E-state index in [0.717, 1.165) is 56.0 Å². The second-order valence-corrected chi connectivity index (χ2v) is 8.24. The monoisotopic (exact) mass is 394 g/mol. The molecule has 2 fully saturated rings. The van der Waals surface area contributed by atoms with Crippen LogP contribution >= 0.6 is 0 Å². The lowest BCUT2D eigenvalue weighted by Crippen LogP contribution is -2.45. The van der Waals surface area contributed by atoms with Crippen LogP contribution in [0.1, 0.15) is 36.3 Å². The van der Waals surface area contributed by atoms with Crippen LogP contribution in [0.15, 0.2) is 48.5 Å². The van der Waals surface area contributed by atoms with Gasteiger partial charge in [0.05, 0.1) is 20.1 Å². The van der Waals surface area contributed by atoms with Crippen LogP contribution in [0, 0.1) is 5.92 Å². The second-order valence-electron chi connectivity index (χ2n) is 8.24. The molecule has 1 saturated heterocycles. The van der Waals surface area contributed by atoms with Gasteiger partial charge in [0.25, 0.3) is 0 Å². The van der Waals surface area contributed by atoms with Crippen LogP contribution in [0.2, 0.25) is 0 Å². The summed E-state index contributed by atoms with van der Waals surface area (Å²) in [4.78, 5) is 15.2. The Morgan fingerprint density at radius 2 is 1.72 bits per heavy atom. The maximum atomic E-state index is 12.8. The van der Waals surface area contributed by atoms with E-state index in [0.29, 0.717) is 12.0 Å². The summed E-state index contributed by atoms with van der Waals surface area (Å²) in [5.74, 6) is 2.16. The number of hydrogen-bond acceptors (Lipinski definition) is 4. The number of carbonyl (C=O) groups is 1. The average Bonchev–Trinajstić information content (AvgIpc) is 3.57. The third kappa shape index (κ3) is 5.10. The van der Waals surface area contributed by atoms with Crippen molar-refractivity contribution in [2.45, 2.75) is 37.8 Å². The molecule has 0 aromatic heterocycles. The fourth-order valence-electron chi connectivity index (χ4n) is 4.24. The molecule has 4 rings (SSSR count). The van der Waals surface area contributed by atoms with Gasteiger partial charge in [-0.05, 0) is 48.4 Å². The van der Waals surface area contributed by atoms with E-state index in [1.54, 1.807) is 14.2 Å². The number of nitrogens with one attached hydrogen (secondary N) is 1. The predicted octanol–water partition coefficient (Wildman–Crippen LogP) is 3.59. The maximum Gasteiger partial charge on any atom is 0.224 e. The summed E-state index contributed by atoms with van der Waals surface area (Å²) in [7, 11) is 3.34. The third-order valence-corrected chi connectivity index (χ3v) is 5.91. The number of piperidine rings is 1. The predicted molar refractivity (Wildman–Crippen MR) is 113 cm³/mol. The number of hydrogen-bond donors (Lipinski definition) is 1. The summed E-state index contributed by atoms with van der Waals surface area (Å²) >= 11 is 0. The second kappa shape index (κ2) is 8.87. The number of carbonyl (C=O) groups excluding carboxylic acids is 1. The first-order valence-corrected chi connectivity index (χ1v) is 10.4. The van der Waals surface area contributed by atoms with Gasteiger partial charge in [-0.1, -0.05) is 30.3 Å². The van der Waals surface area contributed by atoms with Gasteiger partial charge in [0, 0.05) is 31.7 Å². The first-order chi connectivity index (χ1) is 14.1. The quantitative estimate of drug-likeness (QED) is 0.780. The Bertz CT molecular complexity index is 813. The van der Waals surface area contributed by atoms with Crippen LogP contribution < -0.4 is 14.8 Å². The van der Waals surface area contributed by atoms with Crippen molar-refractivity contribution in [1.82, 2.24) is 10.2 Å². The van der Waals surface area contributed by atoms with Gasteiger partial charge < -0.3 is 14.8 Å². The zero-order chi connectivity index (χ0) is 20.2. The highest BCUT2D eigenvalue weighted by Gasteiger charge is 2.34. The summed E-state index contributed by atoms with van der Waals surface area (Å²) < 4.78 is 10.8. The Labute approximate surface area is 173 Å². The number of nitrogens with zero attached hydrogens (tertiary/aromatic N) is 1. The first kappa shape index (κ1) is 19.8. The third-order valence-electron chi connectivity index (χ3n) is 5.91. The van der Waals surface area contributed by atoms with Crippen molar-refractivity contribution in [1.29, 1.82) is 0 Å². The van der Waals surface area contributed by atoms with Crippen LogP contribution in [0.5, 0.6) is 11.5 Å². The van der Waals surface area contributed by atoms with E-state index in [-0.39, 0.29) is 11.8 Å². The minimum atomic E-state index is 0.0158. The van der Waals surface area contributed by atoms with Gasteiger partial charge in [-0.15, -0.1) is 0 Å². The Hall–Kier alpha value is -2.53. The topological polar surface area (TPSA) is 50.8 Å². The van der Waals surface area contributed by atoms with Gasteiger partial charge in [-0.2, -0.15) is 0 Å². The SMILES string of the molecule is COc1cc(CN2CC(C(=O)NC3CC3)CC(c3ccccc3)C2)cc(OC)c1. The fraction of sp³-hybridized carbons (Fsp3) is 0.458. The van der Waals surface area contributed by atoms with E-state index in [1.165, 1.54) is 5.56 Å². The van der Waals surface area contributed by atoms with Crippen molar-refractivity contribution in [3.05, 3.63) is 59.7 Å². The standard InChI is InChI=1S/C24H30N2O3/c1-28-22-10-17(11-23(13-22)29-2)14-26-15-19(18-6-4-3-5-7-18)12-20(16-26)24(27)25-21-8-9-21/h3-7,10-11,13,19-21H,8-9,12,14-16H2,1-2H3,(H,25,27). The Morgan fingerprint density at radius 1 is 1.03 bits per heavy atom. The number of rotatable bonds is 7. The summed E-state index contributed by atoms with van der Waals surface area (Å²) in [6.45, 7) is 2.49. The van der Waals surface area contributed by atoms with Crippen LogP contribution in [-0.4, -0.2) is 44.2 Å². The Kier molecular flexibility index (Phi) is 6.05. The lowest BCUT2D eigenvalue weighted by Gasteiger charge is -2.37. The van der Waals surface area contributed by atoms with Gasteiger partial charge in [-0.25, -0.2) is 0 Å². The zero-order valence-electron chi connectivity index (χ0n) is 17.3. The molecule has 2 aromatic rings. The lowest BCUT2D eigenvalue weighted by atomic mass is 9.84. The smallest absolute Gasteiger partial charge is 0.224 e. The maximum absolute atomic E-state index is 12.8. The molecule has 1 N–H and O–H groups in total. The van der Waals surface area contributed by atoms with E-state index in [1.807, 2.05) is 24.3 Å². The van der Waals surface area contributed by atoms with Crippen LogP contribution in [0.4, 0.5) is 0 Å². The van der Waals surface area contributed by atoms with Crippen molar-refractivity contribution in [2.75, 3.05) is 27.3 Å². The summed E-state index contributed by atoms with van der Waals surface area (Å²) in [6.07, 6.45) is 3.14. The van der Waals surface area contributed by atoms with Crippen LogP contribution in [0.3, 0.4) is 0 Å². The van der Waals surface area contributed by atoms with E-state index in [9.17, 15) is 4.79 Å². The van der Waals surface area contributed by atoms with E-state index >= 15 is 0 Å². The molecular formula is C24H30N2O3. The summed E-state index contributed by atoms with van der Waals surface area (Å²) in [5.41, 5.74) is 2.45. The van der Waals surface area contributed by atoms with E-state index < -0.39 is 0 Å². The van der Waals surface area contributed by atoms with E-state index in [4.69, 9.17) is 9.47 Å². The summed E-state index contributed by atoms with van der Waals surface area (Å²) in [6, 6.07) is 17.0. The van der Waals surface area contributed by atoms with Crippen LogP contribution in [-0.2, 0) is 11.3 Å². The van der Waals surface area contributed by atoms with Crippen molar-refractivity contribution >= 4 is 5.91 Å². The molecule has 0 radical (unpaired) electrons.